The highest BCUT2D eigenvalue weighted by Crippen LogP contribution is 2.37. The summed E-state index contributed by atoms with van der Waals surface area (Å²) in [6, 6.07) is 4.81. The van der Waals surface area contributed by atoms with Crippen molar-refractivity contribution < 1.29 is 0 Å². The molecular formula is C15H21N5. The second-order valence-electron chi connectivity index (χ2n) is 5.38. The van der Waals surface area contributed by atoms with Gasteiger partial charge in [-0.25, -0.2) is 0 Å². The molecule has 2 aromatic heterocycles. The fourth-order valence-corrected chi connectivity index (χ4v) is 3.17. The largest absolute Gasteiger partial charge is 0.329 e. The van der Waals surface area contributed by atoms with Crippen LogP contribution in [0.15, 0.2) is 36.9 Å². The number of hydrogen-bond donors (Lipinski definition) is 1. The summed E-state index contributed by atoms with van der Waals surface area (Å²) in [4.78, 5) is 6.75. The normalized spacial score (nSPS) is 21.2. The van der Waals surface area contributed by atoms with Crippen LogP contribution in [-0.2, 0) is 7.05 Å². The van der Waals surface area contributed by atoms with Gasteiger partial charge >= 0.3 is 0 Å². The van der Waals surface area contributed by atoms with Crippen LogP contribution in [0.2, 0.25) is 0 Å². The molecule has 5 heteroatoms. The van der Waals surface area contributed by atoms with E-state index in [0.717, 1.165) is 6.54 Å². The SMILES string of the molecule is Cn1cc(C(CN)N2CCCC2c2cccnc2)cn1. The number of nitrogens with two attached hydrogens (primary N) is 1. The van der Waals surface area contributed by atoms with Crippen molar-refractivity contribution in [3.63, 3.8) is 0 Å². The minimum absolute atomic E-state index is 0.233. The van der Waals surface area contributed by atoms with Crippen molar-refractivity contribution in [2.75, 3.05) is 13.1 Å². The first kappa shape index (κ1) is 13.3. The van der Waals surface area contributed by atoms with Gasteiger partial charge in [0.15, 0.2) is 0 Å². The Morgan fingerprint density at radius 3 is 3.00 bits per heavy atom. The van der Waals surface area contributed by atoms with E-state index in [1.54, 1.807) is 0 Å². The van der Waals surface area contributed by atoms with E-state index in [1.807, 2.05) is 36.4 Å². The van der Waals surface area contributed by atoms with Crippen molar-refractivity contribution in [2.45, 2.75) is 24.9 Å². The molecule has 0 aromatic carbocycles. The molecule has 1 fully saturated rings. The third-order valence-corrected chi connectivity index (χ3v) is 4.10. The third kappa shape index (κ3) is 2.46. The quantitative estimate of drug-likeness (QED) is 0.918. The van der Waals surface area contributed by atoms with Gasteiger partial charge in [0.1, 0.15) is 0 Å². The highest BCUT2D eigenvalue weighted by atomic mass is 15.3. The molecule has 5 nitrogen and oxygen atoms in total. The maximum Gasteiger partial charge on any atom is 0.0538 e. The van der Waals surface area contributed by atoms with Crippen LogP contribution in [0.4, 0.5) is 0 Å². The van der Waals surface area contributed by atoms with E-state index in [0.29, 0.717) is 12.6 Å². The molecule has 2 aromatic rings. The standard InChI is InChI=1S/C15H21N5/c1-19-11-13(10-18-19)15(8-16)20-7-3-5-14(20)12-4-2-6-17-9-12/h2,4,6,9-11,14-15H,3,5,7-8,16H2,1H3. The third-order valence-electron chi connectivity index (χ3n) is 4.10. The predicted octanol–water partition coefficient (Wildman–Crippen LogP) is 1.65. The van der Waals surface area contributed by atoms with E-state index >= 15 is 0 Å². The Morgan fingerprint density at radius 1 is 1.45 bits per heavy atom. The van der Waals surface area contributed by atoms with Crippen LogP contribution in [0.25, 0.3) is 0 Å². The molecule has 3 rings (SSSR count). The van der Waals surface area contributed by atoms with Crippen molar-refractivity contribution in [3.8, 4) is 0 Å². The molecule has 1 aliphatic heterocycles. The number of likely N-dealkylation sites (tertiary alicyclic amines) is 1. The number of rotatable bonds is 4. The summed E-state index contributed by atoms with van der Waals surface area (Å²) in [6.45, 7) is 1.69. The number of aryl methyl sites for hydroxylation is 1. The summed E-state index contributed by atoms with van der Waals surface area (Å²) < 4.78 is 1.84. The monoisotopic (exact) mass is 271 g/mol. The zero-order chi connectivity index (χ0) is 13.9. The van der Waals surface area contributed by atoms with Gasteiger partial charge in [0.2, 0.25) is 0 Å². The topological polar surface area (TPSA) is 60.0 Å². The molecule has 0 amide bonds. The van der Waals surface area contributed by atoms with Crippen molar-refractivity contribution in [1.82, 2.24) is 19.7 Å². The first-order chi connectivity index (χ1) is 9.79. The Balaban J connectivity index is 1.87. The molecule has 2 N–H and O–H groups in total. The molecule has 3 heterocycles. The van der Waals surface area contributed by atoms with Crippen LogP contribution < -0.4 is 5.73 Å². The summed E-state index contributed by atoms with van der Waals surface area (Å²) in [5.41, 5.74) is 8.52. The van der Waals surface area contributed by atoms with Crippen LogP contribution in [-0.4, -0.2) is 32.8 Å². The van der Waals surface area contributed by atoms with Gasteiger partial charge in [-0.15, -0.1) is 0 Å². The maximum absolute atomic E-state index is 6.04. The molecule has 0 saturated carbocycles. The summed E-state index contributed by atoms with van der Waals surface area (Å²) in [5.74, 6) is 0. The van der Waals surface area contributed by atoms with Crippen LogP contribution in [0.3, 0.4) is 0 Å². The summed E-state index contributed by atoms with van der Waals surface area (Å²) in [7, 11) is 1.94. The van der Waals surface area contributed by atoms with Crippen LogP contribution in [0.1, 0.15) is 36.1 Å². The van der Waals surface area contributed by atoms with Crippen LogP contribution >= 0.6 is 0 Å². The van der Waals surface area contributed by atoms with Gasteiger partial charge in [0, 0.05) is 43.8 Å². The lowest BCUT2D eigenvalue weighted by Crippen LogP contribution is -2.33. The number of aromatic nitrogens is 3. The van der Waals surface area contributed by atoms with E-state index in [9.17, 15) is 0 Å². The van der Waals surface area contributed by atoms with Gasteiger partial charge in [-0.2, -0.15) is 5.10 Å². The van der Waals surface area contributed by atoms with Gasteiger partial charge < -0.3 is 5.73 Å². The number of nitrogens with zero attached hydrogens (tertiary/aromatic N) is 4. The first-order valence-electron chi connectivity index (χ1n) is 7.14. The second-order valence-corrected chi connectivity index (χ2v) is 5.38. The van der Waals surface area contributed by atoms with Gasteiger partial charge in [0.25, 0.3) is 0 Å². The maximum atomic E-state index is 6.04. The van der Waals surface area contributed by atoms with Gasteiger partial charge in [0.05, 0.1) is 12.2 Å². The Hall–Kier alpha value is -1.72. The molecule has 20 heavy (non-hydrogen) atoms. The van der Waals surface area contributed by atoms with Gasteiger partial charge in [-0.3, -0.25) is 14.6 Å². The zero-order valence-electron chi connectivity index (χ0n) is 11.8. The number of hydrogen-bond acceptors (Lipinski definition) is 4. The lowest BCUT2D eigenvalue weighted by molar-refractivity contribution is 0.185. The minimum Gasteiger partial charge on any atom is -0.329 e. The smallest absolute Gasteiger partial charge is 0.0538 e. The molecule has 106 valence electrons. The number of pyridine rings is 1. The minimum atomic E-state index is 0.233. The zero-order valence-corrected chi connectivity index (χ0v) is 11.8. The summed E-state index contributed by atoms with van der Waals surface area (Å²) in [6.07, 6.45) is 10.2. The Kier molecular flexibility index (Phi) is 3.80. The molecule has 0 spiro atoms. The lowest BCUT2D eigenvalue weighted by atomic mass is 10.0. The highest BCUT2D eigenvalue weighted by Gasteiger charge is 2.32. The molecule has 1 aliphatic rings. The van der Waals surface area contributed by atoms with Crippen LogP contribution in [0, 0.1) is 0 Å². The van der Waals surface area contributed by atoms with Crippen LogP contribution in [0.5, 0.6) is 0 Å². The van der Waals surface area contributed by atoms with Gasteiger partial charge in [-0.1, -0.05) is 6.07 Å². The summed E-state index contributed by atoms with van der Waals surface area (Å²) in [5, 5.41) is 4.28. The molecular weight excluding hydrogens is 250 g/mol. The van der Waals surface area contributed by atoms with Crippen molar-refractivity contribution >= 4 is 0 Å². The molecule has 0 aliphatic carbocycles. The molecule has 1 saturated heterocycles. The average Bonchev–Trinajstić information content (AvgIpc) is 3.11. The predicted molar refractivity (Wildman–Crippen MR) is 77.9 cm³/mol. The van der Waals surface area contributed by atoms with E-state index in [2.05, 4.69) is 27.2 Å². The molecule has 0 bridgehead atoms. The lowest BCUT2D eigenvalue weighted by Gasteiger charge is -2.32. The van der Waals surface area contributed by atoms with Crippen molar-refractivity contribution in [2.24, 2.45) is 12.8 Å². The first-order valence-corrected chi connectivity index (χ1v) is 7.14. The van der Waals surface area contributed by atoms with E-state index < -0.39 is 0 Å². The molecule has 0 radical (unpaired) electrons. The van der Waals surface area contributed by atoms with E-state index in [-0.39, 0.29) is 6.04 Å². The fraction of sp³-hybridized carbons (Fsp3) is 0.467. The molecule has 2 atom stereocenters. The summed E-state index contributed by atoms with van der Waals surface area (Å²) >= 11 is 0. The second kappa shape index (κ2) is 5.73. The van der Waals surface area contributed by atoms with Gasteiger partial charge in [-0.05, 0) is 31.0 Å². The fourth-order valence-electron chi connectivity index (χ4n) is 3.17. The Morgan fingerprint density at radius 2 is 2.35 bits per heavy atom. The Labute approximate surface area is 119 Å². The Bertz CT molecular complexity index is 550. The van der Waals surface area contributed by atoms with E-state index in [1.165, 1.54) is 24.0 Å². The van der Waals surface area contributed by atoms with Crippen molar-refractivity contribution in [1.29, 1.82) is 0 Å². The molecule has 2 unspecified atom stereocenters. The van der Waals surface area contributed by atoms with Crippen molar-refractivity contribution in [3.05, 3.63) is 48.0 Å². The average molecular weight is 271 g/mol. The highest BCUT2D eigenvalue weighted by molar-refractivity contribution is 5.19. The van der Waals surface area contributed by atoms with E-state index in [4.69, 9.17) is 5.73 Å².